The van der Waals surface area contributed by atoms with Gasteiger partial charge in [-0.15, -0.1) is 0 Å². The Kier molecular flexibility index (Phi) is 6.49. The lowest BCUT2D eigenvalue weighted by Gasteiger charge is -2.25. The van der Waals surface area contributed by atoms with Crippen LogP contribution in [0.15, 0.2) is 58.0 Å². The van der Waals surface area contributed by atoms with Gasteiger partial charge >= 0.3 is 12.0 Å². The van der Waals surface area contributed by atoms with E-state index in [4.69, 9.17) is 25.4 Å². The van der Waals surface area contributed by atoms with Crippen molar-refractivity contribution in [1.82, 2.24) is 10.6 Å². The van der Waals surface area contributed by atoms with Crippen LogP contribution >= 0.6 is 0 Å². The fourth-order valence-electron chi connectivity index (χ4n) is 3.36. The fourth-order valence-corrected chi connectivity index (χ4v) is 3.36. The zero-order chi connectivity index (χ0) is 25.1. The SMILES string of the molecule is CCOC(=O)c1cc(C)cc(OC2=C3NC(=O)CN=C3NC(Oc3cc(C(=N)N)ccc3C)=N2)c1. The van der Waals surface area contributed by atoms with Crippen molar-refractivity contribution >= 4 is 29.6 Å². The molecule has 0 fully saturated rings. The highest BCUT2D eigenvalue weighted by atomic mass is 16.5. The van der Waals surface area contributed by atoms with E-state index in [9.17, 15) is 9.59 Å². The Morgan fingerprint density at radius 3 is 2.66 bits per heavy atom. The lowest BCUT2D eigenvalue weighted by Crippen LogP contribution is -2.48. The topological polar surface area (TPSA) is 160 Å². The van der Waals surface area contributed by atoms with Crippen molar-refractivity contribution in [1.29, 1.82) is 5.41 Å². The third-order valence-corrected chi connectivity index (χ3v) is 5.01. The summed E-state index contributed by atoms with van der Waals surface area (Å²) in [5, 5.41) is 13.3. The number of benzene rings is 2. The van der Waals surface area contributed by atoms with Crippen molar-refractivity contribution in [3.05, 3.63) is 70.2 Å². The molecular formula is C24H24N6O5. The standard InChI is InChI=1S/C24H24N6O5/c1-4-33-23(32)15-7-12(2)8-16(9-15)34-22-19-21(27-11-18(31)28-19)29-24(30-22)35-17-10-14(20(25)26)6-5-13(17)3/h5-10H,4,11H2,1-3H3,(H3,25,26)(H,28,31)(H,27,29,30). The summed E-state index contributed by atoms with van der Waals surface area (Å²) in [5.41, 5.74) is 8.20. The Morgan fingerprint density at radius 1 is 1.11 bits per heavy atom. The molecule has 2 aliphatic rings. The average molecular weight is 476 g/mol. The van der Waals surface area contributed by atoms with E-state index >= 15 is 0 Å². The highest BCUT2D eigenvalue weighted by Gasteiger charge is 2.29. The van der Waals surface area contributed by atoms with Gasteiger partial charge in [0.1, 0.15) is 29.6 Å². The van der Waals surface area contributed by atoms with Crippen LogP contribution in [0.5, 0.6) is 11.5 Å². The molecule has 0 unspecified atom stereocenters. The molecular weight excluding hydrogens is 452 g/mol. The van der Waals surface area contributed by atoms with Crippen molar-refractivity contribution in [3.63, 3.8) is 0 Å². The number of carbonyl (C=O) groups excluding carboxylic acids is 2. The second-order valence-corrected chi connectivity index (χ2v) is 7.79. The molecule has 11 nitrogen and oxygen atoms in total. The number of amidine groups is 3. The van der Waals surface area contributed by atoms with E-state index in [1.165, 1.54) is 6.07 Å². The molecule has 2 aliphatic heterocycles. The van der Waals surface area contributed by atoms with Gasteiger partial charge in [0.15, 0.2) is 5.84 Å². The number of esters is 1. The first kappa shape index (κ1) is 23.5. The predicted octanol–water partition coefficient (Wildman–Crippen LogP) is 1.88. The van der Waals surface area contributed by atoms with Crippen LogP contribution in [-0.4, -0.2) is 42.7 Å². The molecule has 4 rings (SSSR count). The average Bonchev–Trinajstić information content (AvgIpc) is 2.80. The number of rotatable bonds is 6. The number of aryl methyl sites for hydroxylation is 2. The molecule has 180 valence electrons. The number of ether oxygens (including phenoxy) is 3. The Hall–Kier alpha value is -4.67. The van der Waals surface area contributed by atoms with Gasteiger partial charge in [0.2, 0.25) is 5.91 Å². The van der Waals surface area contributed by atoms with Crippen molar-refractivity contribution < 1.29 is 23.8 Å². The first-order valence-electron chi connectivity index (χ1n) is 10.8. The molecule has 2 heterocycles. The van der Waals surface area contributed by atoms with Gasteiger partial charge in [0.05, 0.1) is 12.2 Å². The molecule has 2 aromatic rings. The number of nitrogens with zero attached hydrogens (tertiary/aromatic N) is 2. The number of hydrogen-bond acceptors (Lipinski definition) is 9. The van der Waals surface area contributed by atoms with Crippen LogP contribution in [0.1, 0.15) is 34.0 Å². The summed E-state index contributed by atoms with van der Waals surface area (Å²) in [5.74, 6) is 0.158. The van der Waals surface area contributed by atoms with Gasteiger partial charge in [-0.05, 0) is 56.2 Å². The molecule has 0 saturated heterocycles. The molecule has 0 bridgehead atoms. The van der Waals surface area contributed by atoms with Crippen LogP contribution < -0.4 is 25.8 Å². The maximum Gasteiger partial charge on any atom is 0.338 e. The number of nitrogen functional groups attached to an aromatic ring is 1. The van der Waals surface area contributed by atoms with Gasteiger partial charge in [-0.1, -0.05) is 12.1 Å². The van der Waals surface area contributed by atoms with Crippen LogP contribution in [0.2, 0.25) is 0 Å². The molecule has 11 heteroatoms. The summed E-state index contributed by atoms with van der Waals surface area (Å²) in [4.78, 5) is 32.9. The molecule has 0 saturated carbocycles. The largest absolute Gasteiger partial charge is 0.462 e. The van der Waals surface area contributed by atoms with E-state index in [2.05, 4.69) is 20.6 Å². The van der Waals surface area contributed by atoms with Gasteiger partial charge in [0.25, 0.3) is 5.88 Å². The third kappa shape index (κ3) is 5.29. The van der Waals surface area contributed by atoms with Crippen LogP contribution in [0.25, 0.3) is 0 Å². The molecule has 1 amide bonds. The predicted molar refractivity (Wildman–Crippen MR) is 129 cm³/mol. The Morgan fingerprint density at radius 2 is 1.91 bits per heavy atom. The zero-order valence-electron chi connectivity index (χ0n) is 19.4. The van der Waals surface area contributed by atoms with Gasteiger partial charge in [-0.2, -0.15) is 4.99 Å². The zero-order valence-corrected chi connectivity index (χ0v) is 19.4. The summed E-state index contributed by atoms with van der Waals surface area (Å²) in [6.45, 7) is 5.54. The molecule has 0 spiro atoms. The van der Waals surface area contributed by atoms with E-state index in [0.717, 1.165) is 11.1 Å². The second kappa shape index (κ2) is 9.67. The summed E-state index contributed by atoms with van der Waals surface area (Å²) in [6, 6.07) is 10.1. The van der Waals surface area contributed by atoms with Gasteiger partial charge in [-0.25, -0.2) is 4.79 Å². The minimum atomic E-state index is -0.481. The van der Waals surface area contributed by atoms with E-state index in [-0.39, 0.29) is 42.5 Å². The highest BCUT2D eigenvalue weighted by Crippen LogP contribution is 2.25. The number of nitrogens with one attached hydrogen (secondary N) is 3. The van der Waals surface area contributed by atoms with Gasteiger partial charge in [-0.3, -0.25) is 20.5 Å². The van der Waals surface area contributed by atoms with Gasteiger partial charge in [0, 0.05) is 5.56 Å². The number of hydrogen-bond donors (Lipinski definition) is 4. The summed E-state index contributed by atoms with van der Waals surface area (Å²) >= 11 is 0. The number of amides is 1. The quantitative estimate of drug-likeness (QED) is 0.281. The number of carbonyl (C=O) groups is 2. The lowest BCUT2D eigenvalue weighted by atomic mass is 10.1. The van der Waals surface area contributed by atoms with Crippen molar-refractivity contribution in [2.24, 2.45) is 15.7 Å². The molecule has 0 aliphatic carbocycles. The highest BCUT2D eigenvalue weighted by molar-refractivity contribution is 6.13. The fraction of sp³-hybridized carbons (Fsp3) is 0.208. The molecule has 5 N–H and O–H groups in total. The minimum absolute atomic E-state index is 0.0198. The van der Waals surface area contributed by atoms with Crippen LogP contribution in [-0.2, 0) is 9.53 Å². The molecule has 0 radical (unpaired) electrons. The number of fused-ring (bicyclic) bond motifs is 1. The Balaban J connectivity index is 1.70. The molecule has 35 heavy (non-hydrogen) atoms. The smallest absolute Gasteiger partial charge is 0.338 e. The minimum Gasteiger partial charge on any atom is -0.462 e. The van der Waals surface area contributed by atoms with Crippen molar-refractivity contribution in [2.75, 3.05) is 13.2 Å². The molecule has 0 aromatic heterocycles. The van der Waals surface area contributed by atoms with E-state index < -0.39 is 5.97 Å². The van der Waals surface area contributed by atoms with Gasteiger partial charge < -0.3 is 25.3 Å². The van der Waals surface area contributed by atoms with Crippen LogP contribution in [0.4, 0.5) is 0 Å². The second-order valence-electron chi connectivity index (χ2n) is 7.79. The lowest BCUT2D eigenvalue weighted by molar-refractivity contribution is -0.119. The van der Waals surface area contributed by atoms with E-state index in [0.29, 0.717) is 28.5 Å². The maximum atomic E-state index is 12.2. The molecule has 0 atom stereocenters. The van der Waals surface area contributed by atoms with Crippen molar-refractivity contribution in [2.45, 2.75) is 20.8 Å². The summed E-state index contributed by atoms with van der Waals surface area (Å²) in [7, 11) is 0. The number of nitrogens with two attached hydrogens (primary N) is 1. The van der Waals surface area contributed by atoms with Crippen LogP contribution in [0, 0.1) is 19.3 Å². The molecule has 2 aromatic carbocycles. The Labute approximate surface area is 201 Å². The normalized spacial score (nSPS) is 14.7. The van der Waals surface area contributed by atoms with Crippen LogP contribution in [0.3, 0.4) is 0 Å². The third-order valence-electron chi connectivity index (χ3n) is 5.01. The maximum absolute atomic E-state index is 12.2. The summed E-state index contributed by atoms with van der Waals surface area (Å²) in [6.07, 6.45) is 0. The monoisotopic (exact) mass is 476 g/mol. The summed E-state index contributed by atoms with van der Waals surface area (Å²) < 4.78 is 17.0. The Bertz CT molecular complexity index is 1330. The van der Waals surface area contributed by atoms with E-state index in [1.54, 1.807) is 37.3 Å². The first-order chi connectivity index (χ1) is 16.7. The van der Waals surface area contributed by atoms with Crippen molar-refractivity contribution in [3.8, 4) is 11.5 Å². The van der Waals surface area contributed by atoms with E-state index in [1.807, 2.05) is 13.8 Å². The number of aliphatic imine (C=N–C) groups is 2. The first-order valence-corrected chi connectivity index (χ1v) is 10.8.